The summed E-state index contributed by atoms with van der Waals surface area (Å²) in [4.78, 5) is 40.6. The molecule has 0 fully saturated rings. The molecular formula is C20H26F2N4O6. The maximum absolute atomic E-state index is 12.8. The van der Waals surface area contributed by atoms with E-state index in [1.54, 1.807) is 24.9 Å². The van der Waals surface area contributed by atoms with Crippen LogP contribution in [0.5, 0.6) is 11.5 Å². The second-order valence-electron chi connectivity index (χ2n) is 6.85. The number of benzene rings is 1. The van der Waals surface area contributed by atoms with Crippen LogP contribution in [-0.2, 0) is 17.8 Å². The van der Waals surface area contributed by atoms with Crippen LogP contribution in [0, 0.1) is 0 Å². The summed E-state index contributed by atoms with van der Waals surface area (Å²) in [6.45, 7) is -0.749. The van der Waals surface area contributed by atoms with Gasteiger partial charge in [-0.2, -0.15) is 8.78 Å². The van der Waals surface area contributed by atoms with Gasteiger partial charge in [0.1, 0.15) is 11.4 Å². The number of nitrogens with two attached hydrogens (primary N) is 1. The van der Waals surface area contributed by atoms with Gasteiger partial charge in [-0.3, -0.25) is 24.0 Å². The fraction of sp³-hybridized carbons (Fsp3) is 0.450. The number of aromatic nitrogens is 2. The number of ether oxygens (including phenoxy) is 3. The van der Waals surface area contributed by atoms with E-state index in [2.05, 4.69) is 9.72 Å². The molecule has 3 N–H and O–H groups in total. The molecular weight excluding hydrogens is 430 g/mol. The summed E-state index contributed by atoms with van der Waals surface area (Å²) in [6.07, 6.45) is 0. The highest BCUT2D eigenvalue weighted by Crippen LogP contribution is 2.30. The van der Waals surface area contributed by atoms with Gasteiger partial charge >= 0.3 is 12.3 Å². The van der Waals surface area contributed by atoms with Gasteiger partial charge in [-0.15, -0.1) is 0 Å². The Morgan fingerprint density at radius 3 is 2.62 bits per heavy atom. The number of nitrogens with one attached hydrogen (secondary N) is 1. The van der Waals surface area contributed by atoms with E-state index in [-0.39, 0.29) is 55.7 Å². The molecule has 1 aromatic carbocycles. The molecule has 0 spiro atoms. The number of hydrogen-bond acceptors (Lipinski definition) is 8. The molecule has 0 aliphatic rings. The van der Waals surface area contributed by atoms with E-state index in [4.69, 9.17) is 15.2 Å². The van der Waals surface area contributed by atoms with Gasteiger partial charge in [-0.25, -0.2) is 4.79 Å². The number of anilines is 1. The Hall–Kier alpha value is -3.25. The first-order valence-corrected chi connectivity index (χ1v) is 9.71. The molecule has 0 aliphatic carbocycles. The molecule has 0 atom stereocenters. The molecule has 1 aromatic heterocycles. The van der Waals surface area contributed by atoms with E-state index in [0.29, 0.717) is 5.56 Å². The topological polar surface area (TPSA) is 129 Å². The van der Waals surface area contributed by atoms with Crippen LogP contribution in [0.3, 0.4) is 0 Å². The van der Waals surface area contributed by atoms with Crippen molar-refractivity contribution in [1.82, 2.24) is 14.5 Å². The summed E-state index contributed by atoms with van der Waals surface area (Å²) < 4.78 is 40.9. The van der Waals surface area contributed by atoms with Gasteiger partial charge in [0.05, 0.1) is 26.3 Å². The van der Waals surface area contributed by atoms with Crippen LogP contribution in [-0.4, -0.2) is 60.8 Å². The van der Waals surface area contributed by atoms with Crippen molar-refractivity contribution >= 4 is 11.6 Å². The van der Waals surface area contributed by atoms with E-state index in [1.165, 1.54) is 19.2 Å². The van der Waals surface area contributed by atoms with Crippen molar-refractivity contribution in [2.75, 3.05) is 39.6 Å². The number of alkyl halides is 2. The molecule has 0 saturated heterocycles. The van der Waals surface area contributed by atoms with E-state index in [1.807, 2.05) is 0 Å². The molecule has 0 unspecified atom stereocenters. The minimum atomic E-state index is -2.99. The maximum Gasteiger partial charge on any atom is 0.387 e. The number of aromatic amines is 1. The first-order valence-electron chi connectivity index (χ1n) is 9.71. The average Bonchev–Trinajstić information content (AvgIpc) is 2.69. The smallest absolute Gasteiger partial charge is 0.387 e. The van der Waals surface area contributed by atoms with Gasteiger partial charge in [0.2, 0.25) is 0 Å². The monoisotopic (exact) mass is 456 g/mol. The Labute approximate surface area is 182 Å². The third-order valence-electron chi connectivity index (χ3n) is 4.43. The van der Waals surface area contributed by atoms with E-state index >= 15 is 0 Å². The zero-order chi connectivity index (χ0) is 23.8. The number of rotatable bonds is 12. The zero-order valence-electron chi connectivity index (χ0n) is 18.0. The largest absolute Gasteiger partial charge is 0.490 e. The van der Waals surface area contributed by atoms with Crippen LogP contribution in [0.4, 0.5) is 14.6 Å². The van der Waals surface area contributed by atoms with Gasteiger partial charge in [0.25, 0.3) is 5.56 Å². The number of methoxy groups -OCH3 is 1. The first kappa shape index (κ1) is 25.0. The molecule has 12 heteroatoms. The average molecular weight is 456 g/mol. The van der Waals surface area contributed by atoms with Gasteiger partial charge in [-0.1, -0.05) is 6.07 Å². The molecule has 2 rings (SSSR count). The predicted octanol–water partition coefficient (Wildman–Crippen LogP) is 1.08. The number of nitrogen functional groups attached to an aromatic ring is 1. The number of likely N-dealkylation sites (N-methyl/N-ethyl adjacent to an activating group) is 1. The van der Waals surface area contributed by atoms with Crippen molar-refractivity contribution in [2.45, 2.75) is 26.6 Å². The summed E-state index contributed by atoms with van der Waals surface area (Å²) in [5.74, 6) is -0.765. The fourth-order valence-corrected chi connectivity index (χ4v) is 3.07. The lowest BCUT2D eigenvalue weighted by atomic mass is 10.1. The van der Waals surface area contributed by atoms with Gasteiger partial charge in [0.15, 0.2) is 17.3 Å². The normalized spacial score (nSPS) is 11.2. The number of halogens is 2. The summed E-state index contributed by atoms with van der Waals surface area (Å²) >= 11 is 0. The Kier molecular flexibility index (Phi) is 8.91. The Morgan fingerprint density at radius 2 is 2.00 bits per heavy atom. The molecule has 2 aromatic rings. The molecule has 0 amide bonds. The van der Waals surface area contributed by atoms with Gasteiger partial charge in [-0.05, 0) is 31.7 Å². The number of Topliss-reactive ketones (excluding diaryl/α,β-unsaturated/α-hetero) is 1. The lowest BCUT2D eigenvalue weighted by Gasteiger charge is -2.18. The van der Waals surface area contributed by atoms with Crippen LogP contribution >= 0.6 is 0 Å². The Bertz CT molecular complexity index is 1050. The fourth-order valence-electron chi connectivity index (χ4n) is 3.07. The first-order chi connectivity index (χ1) is 15.2. The lowest BCUT2D eigenvalue weighted by Crippen LogP contribution is -2.39. The minimum absolute atomic E-state index is 0.0707. The number of ketones is 1. The molecule has 32 heavy (non-hydrogen) atoms. The summed E-state index contributed by atoms with van der Waals surface area (Å²) in [5, 5.41) is 0. The highest BCUT2D eigenvalue weighted by atomic mass is 19.3. The standard InChI is InChI=1S/C20H26F2N4O6/c1-4-31-15-9-12(5-6-14(15)32-19(21)22)10-25(2)11-13(27)16-17(23)26(7-8-30-3)20(29)24-18(16)28/h5-6,9,19H,4,7-8,10-11,23H2,1-3H3,(H,24,28,29). The van der Waals surface area contributed by atoms with Crippen LogP contribution < -0.4 is 26.5 Å². The summed E-state index contributed by atoms with van der Waals surface area (Å²) in [6, 6.07) is 4.46. The second-order valence-corrected chi connectivity index (χ2v) is 6.85. The van der Waals surface area contributed by atoms with Crippen molar-refractivity contribution in [3.8, 4) is 11.5 Å². The molecule has 0 radical (unpaired) electrons. The van der Waals surface area contributed by atoms with E-state index < -0.39 is 23.6 Å². The molecule has 1 heterocycles. The Balaban J connectivity index is 2.19. The van der Waals surface area contributed by atoms with Gasteiger partial charge < -0.3 is 19.9 Å². The number of carbonyl (C=O) groups is 1. The number of hydrogen-bond donors (Lipinski definition) is 2. The minimum Gasteiger partial charge on any atom is -0.490 e. The Morgan fingerprint density at radius 1 is 1.28 bits per heavy atom. The number of nitrogens with zero attached hydrogens (tertiary/aromatic N) is 2. The SMILES string of the molecule is CCOc1cc(CN(C)CC(=O)c2c(N)n(CCOC)c(=O)[nH]c2=O)ccc1OC(F)F. The highest BCUT2D eigenvalue weighted by Gasteiger charge is 2.21. The quantitative estimate of drug-likeness (QED) is 0.454. The van der Waals surface area contributed by atoms with E-state index in [0.717, 1.165) is 4.57 Å². The van der Waals surface area contributed by atoms with Crippen molar-refractivity contribution in [1.29, 1.82) is 0 Å². The van der Waals surface area contributed by atoms with Gasteiger partial charge in [0, 0.05) is 13.7 Å². The van der Waals surface area contributed by atoms with Crippen LogP contribution in [0.2, 0.25) is 0 Å². The van der Waals surface area contributed by atoms with Crippen LogP contribution in [0.15, 0.2) is 27.8 Å². The van der Waals surface area contributed by atoms with Crippen molar-refractivity contribution in [2.24, 2.45) is 0 Å². The van der Waals surface area contributed by atoms with Crippen molar-refractivity contribution in [3.05, 3.63) is 50.2 Å². The van der Waals surface area contributed by atoms with Crippen LogP contribution in [0.1, 0.15) is 22.8 Å². The molecule has 0 saturated carbocycles. The second kappa shape index (κ2) is 11.4. The third kappa shape index (κ3) is 6.37. The van der Waals surface area contributed by atoms with Crippen molar-refractivity contribution < 1.29 is 27.8 Å². The summed E-state index contributed by atoms with van der Waals surface area (Å²) in [7, 11) is 3.07. The third-order valence-corrected chi connectivity index (χ3v) is 4.43. The molecule has 0 bridgehead atoms. The molecule has 176 valence electrons. The number of carbonyl (C=O) groups excluding carboxylic acids is 1. The van der Waals surface area contributed by atoms with Crippen molar-refractivity contribution in [3.63, 3.8) is 0 Å². The maximum atomic E-state index is 12.8. The predicted molar refractivity (Wildman–Crippen MR) is 113 cm³/mol. The number of H-pyrrole nitrogens is 1. The molecule has 0 aliphatic heterocycles. The molecule has 10 nitrogen and oxygen atoms in total. The summed E-state index contributed by atoms with van der Waals surface area (Å²) in [5.41, 5.74) is 4.67. The van der Waals surface area contributed by atoms with Crippen LogP contribution in [0.25, 0.3) is 0 Å². The zero-order valence-corrected chi connectivity index (χ0v) is 18.0. The highest BCUT2D eigenvalue weighted by molar-refractivity contribution is 6.01. The lowest BCUT2D eigenvalue weighted by molar-refractivity contribution is -0.0514. The van der Waals surface area contributed by atoms with E-state index in [9.17, 15) is 23.2 Å².